The number of nitrogens with one attached hydrogen (secondary N) is 2. The van der Waals surface area contributed by atoms with Crippen LogP contribution in [0.5, 0.6) is 0 Å². The molecule has 2 aliphatic heterocycles. The van der Waals surface area contributed by atoms with Gasteiger partial charge in [0.25, 0.3) is 5.91 Å². The van der Waals surface area contributed by atoms with Crippen LogP contribution in [0.15, 0.2) is 46.8 Å². The minimum Gasteiger partial charge on any atom is -0.543 e. The van der Waals surface area contributed by atoms with Crippen LogP contribution in [0.1, 0.15) is 18.5 Å². The standard InChI is InChI=1S/C22H24N8O6S2.Na/c1-11(31)28(2)21(36)24-14(12-7-5-4-6-8-12)17(32)23-15-18(33)30-16(20(34)35)13(9-37-19(15)30)10-38-22-25-26-27-29(22)3;/h4-8,14-15,19H,9-10H2,1-3H3,(H,23,32)(H,24,36)(H,34,35);/q;+1/p-1/t14-,15?,19-;/m1./s1. The summed E-state index contributed by atoms with van der Waals surface area (Å²) >= 11 is 2.52. The summed E-state index contributed by atoms with van der Waals surface area (Å²) in [6.45, 7) is 1.21. The largest absolute Gasteiger partial charge is 1.00 e. The second-order valence-electron chi connectivity index (χ2n) is 8.38. The quantitative estimate of drug-likeness (QED) is 0.174. The van der Waals surface area contributed by atoms with Crippen molar-refractivity contribution >= 4 is 53.2 Å². The summed E-state index contributed by atoms with van der Waals surface area (Å²) in [4.78, 5) is 64.3. The number of amides is 5. The van der Waals surface area contributed by atoms with Gasteiger partial charge in [-0.15, -0.1) is 16.9 Å². The molecule has 0 aliphatic carbocycles. The third-order valence-corrected chi connectivity index (χ3v) is 8.37. The van der Waals surface area contributed by atoms with E-state index < -0.39 is 47.2 Å². The molecule has 200 valence electrons. The van der Waals surface area contributed by atoms with Crippen molar-refractivity contribution in [1.29, 1.82) is 0 Å². The third kappa shape index (κ3) is 6.46. The number of urea groups is 1. The zero-order chi connectivity index (χ0) is 27.6. The fourth-order valence-electron chi connectivity index (χ4n) is 3.82. The molecule has 0 spiro atoms. The monoisotopic (exact) mass is 582 g/mol. The summed E-state index contributed by atoms with van der Waals surface area (Å²) in [6.07, 6.45) is 0. The molecule has 14 nitrogen and oxygen atoms in total. The summed E-state index contributed by atoms with van der Waals surface area (Å²) in [5.74, 6) is -2.81. The predicted molar refractivity (Wildman–Crippen MR) is 133 cm³/mol. The van der Waals surface area contributed by atoms with E-state index in [1.165, 1.54) is 42.2 Å². The van der Waals surface area contributed by atoms with E-state index in [1.54, 1.807) is 37.4 Å². The van der Waals surface area contributed by atoms with Crippen molar-refractivity contribution in [3.63, 3.8) is 0 Å². The van der Waals surface area contributed by atoms with Crippen LogP contribution in [0.3, 0.4) is 0 Å². The second kappa shape index (κ2) is 13.0. The van der Waals surface area contributed by atoms with Gasteiger partial charge < -0.3 is 20.5 Å². The SMILES string of the molecule is CC(=O)N(C)C(=O)N[C@@H](C(=O)NC1C(=O)N2C(C(=O)[O-])=C(CSc3nnnn3C)CS[C@H]12)c1ccccc1.[Na+]. The van der Waals surface area contributed by atoms with Crippen molar-refractivity contribution in [1.82, 2.24) is 40.6 Å². The average molecular weight is 583 g/mol. The van der Waals surface area contributed by atoms with Gasteiger partial charge in [0.05, 0.1) is 11.7 Å². The number of fused-ring (bicyclic) bond motifs is 1. The molecule has 3 heterocycles. The molecular formula is C22H23N8NaO6S2. The fourth-order valence-corrected chi connectivity index (χ4v) is 6.16. The number of β-lactam (4-membered cyclic amide) rings is 1. The van der Waals surface area contributed by atoms with Crippen LogP contribution in [-0.2, 0) is 26.2 Å². The molecule has 4 rings (SSSR count). The first kappa shape index (κ1) is 30.6. The molecule has 0 bridgehead atoms. The van der Waals surface area contributed by atoms with E-state index >= 15 is 0 Å². The van der Waals surface area contributed by atoms with Gasteiger partial charge in [0.1, 0.15) is 17.5 Å². The van der Waals surface area contributed by atoms with E-state index in [2.05, 4.69) is 26.2 Å². The smallest absolute Gasteiger partial charge is 0.543 e. The number of imide groups is 1. The molecular weight excluding hydrogens is 559 g/mol. The fraction of sp³-hybridized carbons (Fsp3) is 0.364. The van der Waals surface area contributed by atoms with Crippen molar-refractivity contribution < 1.29 is 58.6 Å². The van der Waals surface area contributed by atoms with Gasteiger partial charge in [0, 0.05) is 32.5 Å². The minimum atomic E-state index is -1.50. The molecule has 0 saturated carbocycles. The number of aromatic nitrogens is 4. The van der Waals surface area contributed by atoms with Gasteiger partial charge in [0.15, 0.2) is 0 Å². The van der Waals surface area contributed by atoms with Gasteiger partial charge in [-0.1, -0.05) is 42.1 Å². The van der Waals surface area contributed by atoms with Crippen molar-refractivity contribution in [2.45, 2.75) is 29.5 Å². The third-order valence-electron chi connectivity index (χ3n) is 5.93. The first-order valence-corrected chi connectivity index (χ1v) is 13.3. The molecule has 1 saturated heterocycles. The molecule has 1 fully saturated rings. The van der Waals surface area contributed by atoms with Crippen LogP contribution in [0, 0.1) is 0 Å². The molecule has 1 aromatic carbocycles. The van der Waals surface area contributed by atoms with E-state index in [0.29, 0.717) is 16.3 Å². The van der Waals surface area contributed by atoms with Gasteiger partial charge in [-0.05, 0) is 21.6 Å². The van der Waals surface area contributed by atoms with E-state index in [-0.39, 0.29) is 46.8 Å². The summed E-state index contributed by atoms with van der Waals surface area (Å²) in [5.41, 5.74) is 0.671. The Morgan fingerprint density at radius 3 is 2.54 bits per heavy atom. The molecule has 5 amide bonds. The molecule has 3 atom stereocenters. The molecule has 17 heteroatoms. The van der Waals surface area contributed by atoms with Crippen molar-refractivity contribution in [2.24, 2.45) is 7.05 Å². The number of carbonyl (C=O) groups is 5. The van der Waals surface area contributed by atoms with Crippen LogP contribution in [0.25, 0.3) is 0 Å². The number of carboxylic acid groups (broad SMARTS) is 1. The molecule has 2 aliphatic rings. The maximum Gasteiger partial charge on any atom is 1.00 e. The molecule has 0 radical (unpaired) electrons. The number of carboxylic acids is 1. The van der Waals surface area contributed by atoms with E-state index in [4.69, 9.17) is 0 Å². The average Bonchev–Trinajstić information content (AvgIpc) is 3.32. The maximum absolute atomic E-state index is 13.3. The molecule has 1 unspecified atom stereocenters. The van der Waals surface area contributed by atoms with Gasteiger partial charge in [-0.3, -0.25) is 24.2 Å². The summed E-state index contributed by atoms with van der Waals surface area (Å²) in [5, 5.41) is 28.1. The summed E-state index contributed by atoms with van der Waals surface area (Å²) in [6, 6.07) is 5.31. The van der Waals surface area contributed by atoms with Crippen LogP contribution in [-0.4, -0.2) is 89.7 Å². The van der Waals surface area contributed by atoms with Gasteiger partial charge in [-0.2, -0.15) is 0 Å². The van der Waals surface area contributed by atoms with Crippen LogP contribution in [0.2, 0.25) is 0 Å². The number of carbonyl (C=O) groups excluding carboxylic acids is 5. The zero-order valence-electron chi connectivity index (χ0n) is 21.5. The Kier molecular flexibility index (Phi) is 10.2. The first-order chi connectivity index (χ1) is 18.1. The molecule has 1 aromatic heterocycles. The Hall–Kier alpha value is -2.92. The number of aryl methyl sites for hydroxylation is 1. The van der Waals surface area contributed by atoms with E-state index in [0.717, 1.165) is 9.80 Å². The number of nitrogens with zero attached hydrogens (tertiary/aromatic N) is 6. The number of aliphatic carboxylic acids is 1. The number of hydrogen-bond acceptors (Lipinski definition) is 11. The Balaban J connectivity index is 0.00000420. The molecule has 39 heavy (non-hydrogen) atoms. The Morgan fingerprint density at radius 2 is 1.95 bits per heavy atom. The Morgan fingerprint density at radius 1 is 1.26 bits per heavy atom. The van der Waals surface area contributed by atoms with Gasteiger partial charge in [-0.25, -0.2) is 9.48 Å². The van der Waals surface area contributed by atoms with E-state index in [1.807, 2.05) is 0 Å². The van der Waals surface area contributed by atoms with Crippen molar-refractivity contribution in [3.8, 4) is 0 Å². The Bertz CT molecular complexity index is 1320. The normalized spacial score (nSPS) is 18.7. The number of tetrazole rings is 1. The Labute approximate surface area is 253 Å². The maximum atomic E-state index is 13.3. The van der Waals surface area contributed by atoms with Gasteiger partial charge in [0.2, 0.25) is 17.0 Å². The van der Waals surface area contributed by atoms with Gasteiger partial charge >= 0.3 is 35.6 Å². The predicted octanol–water partition coefficient (Wildman–Crippen LogP) is -4.36. The minimum absolute atomic E-state index is 0. The zero-order valence-corrected chi connectivity index (χ0v) is 25.1. The number of rotatable bonds is 8. The van der Waals surface area contributed by atoms with Crippen LogP contribution < -0.4 is 45.3 Å². The molecule has 2 N–H and O–H groups in total. The second-order valence-corrected chi connectivity index (χ2v) is 10.4. The van der Waals surface area contributed by atoms with Crippen molar-refractivity contribution in [2.75, 3.05) is 18.6 Å². The topological polar surface area (TPSA) is 183 Å². The number of thioether (sulfide) groups is 2. The number of benzene rings is 1. The van der Waals surface area contributed by atoms with Crippen LogP contribution in [0.4, 0.5) is 4.79 Å². The molecule has 2 aromatic rings. The van der Waals surface area contributed by atoms with Crippen molar-refractivity contribution in [3.05, 3.63) is 47.2 Å². The van der Waals surface area contributed by atoms with E-state index in [9.17, 15) is 29.1 Å². The number of hydrogen-bond donors (Lipinski definition) is 2. The first-order valence-electron chi connectivity index (χ1n) is 11.2. The summed E-state index contributed by atoms with van der Waals surface area (Å²) in [7, 11) is 2.92. The van der Waals surface area contributed by atoms with Crippen LogP contribution >= 0.6 is 23.5 Å². The summed E-state index contributed by atoms with van der Waals surface area (Å²) < 4.78 is 1.44.